The van der Waals surface area contributed by atoms with Gasteiger partial charge in [0.2, 0.25) is 5.78 Å². The van der Waals surface area contributed by atoms with Crippen LogP contribution in [-0.2, 0) is 28.7 Å². The van der Waals surface area contributed by atoms with Crippen molar-refractivity contribution in [1.82, 2.24) is 34.5 Å². The number of nitrogens with one attached hydrogen (secondary N) is 1. The molecule has 0 unspecified atom stereocenters. The molecule has 68 heavy (non-hydrogen) atoms. The number of hydrazine groups is 1. The molecule has 0 spiro atoms. The number of nitrogens with zero attached hydrogens (tertiary/aromatic N) is 7. The minimum Gasteiger partial charge on any atom is -0.859 e. The number of nitrogens with two attached hydrogens (primary N) is 1. The molecule has 354 valence electrons. The van der Waals surface area contributed by atoms with E-state index in [0.717, 1.165) is 25.1 Å². The normalized spacial score (nSPS) is 10.1. The Kier molecular flexibility index (Phi) is 23.0. The molecule has 0 fully saturated rings. The number of aromatic carboxylic acids is 1. The second-order valence-corrected chi connectivity index (χ2v) is 18.7. The van der Waals surface area contributed by atoms with Crippen LogP contribution in [0, 0.1) is 13.8 Å². The van der Waals surface area contributed by atoms with E-state index in [9.17, 15) is 28.8 Å². The summed E-state index contributed by atoms with van der Waals surface area (Å²) in [5.74, 6) is 0.623. The molecule has 3 aromatic carbocycles. The molecular formula is C43H48KN9O14Si. The summed E-state index contributed by atoms with van der Waals surface area (Å²) in [6.07, 6.45) is -0.368. The number of aromatic nitrogens is 7. The summed E-state index contributed by atoms with van der Waals surface area (Å²) in [7, 11) is 0.557. The molecule has 0 amide bonds. The molecule has 0 radical (unpaired) electrons. The van der Waals surface area contributed by atoms with Gasteiger partial charge in [0.15, 0.2) is 28.1 Å². The molecule has 8 aromatic rings. The number of carboxylic acids is 2. The van der Waals surface area contributed by atoms with Gasteiger partial charge in [0.1, 0.15) is 22.3 Å². The number of nitrogen functional groups attached to an aromatic ring is 1. The number of hydrogen-bond donors (Lipinski definition) is 4. The van der Waals surface area contributed by atoms with Gasteiger partial charge < -0.3 is 37.7 Å². The average Bonchev–Trinajstić information content (AvgIpc) is 4.11. The van der Waals surface area contributed by atoms with Crippen molar-refractivity contribution in [3.63, 3.8) is 0 Å². The SMILES string of the molecule is CC(=O)O.COC(=O)C(=O)CC(C)=O.COC(=O)c1cc(C)nn1-c1nc2ccccc2o1.C[Si](C)(C)[O-].Cc1cc(C(=O)O)n(-c2nc3ccccc3o2)n1.NNc1nc2ccccc2o1.[K+]. The van der Waals surface area contributed by atoms with Crippen molar-refractivity contribution >= 4 is 83.1 Å². The van der Waals surface area contributed by atoms with Crippen LogP contribution < -0.4 is 67.4 Å². The van der Waals surface area contributed by atoms with Gasteiger partial charge in [0, 0.05) is 6.92 Å². The zero-order valence-electron chi connectivity index (χ0n) is 38.8. The van der Waals surface area contributed by atoms with Crippen molar-refractivity contribution < 1.29 is 118 Å². The van der Waals surface area contributed by atoms with Crippen LogP contribution >= 0.6 is 0 Å². The third-order valence-corrected chi connectivity index (χ3v) is 7.44. The minimum absolute atomic E-state index is 0. The molecule has 0 bridgehead atoms. The maximum atomic E-state index is 11.7. The van der Waals surface area contributed by atoms with Crippen LogP contribution in [0.4, 0.5) is 6.01 Å². The Bertz CT molecular complexity index is 2860. The van der Waals surface area contributed by atoms with Gasteiger partial charge in [-0.3, -0.25) is 19.8 Å². The van der Waals surface area contributed by atoms with Crippen LogP contribution in [0.2, 0.25) is 19.6 Å². The second-order valence-electron chi connectivity index (χ2n) is 14.4. The fourth-order valence-electron chi connectivity index (χ4n) is 4.94. The number of ether oxygens (including phenoxy) is 2. The third kappa shape index (κ3) is 18.5. The minimum atomic E-state index is -1.86. The Morgan fingerprint density at radius 1 is 0.691 bits per heavy atom. The molecule has 0 saturated carbocycles. The Balaban J connectivity index is 0.000000300. The standard InChI is InChI=1S/C13H11N3O3.C12H9N3O3.C7H7N3O.C6H8O4.C3H9OSi.C2H4O2.K/c1-8-7-10(12(17)18-2)16(15-8)13-14-9-5-3-4-6-11(9)19-13;1-7-6-9(11(16)17)15(14-7)12-13-8-4-2-3-5-10(8)18-12;8-10-7-9-5-3-1-2-4-6(5)11-7;1-4(7)3-5(8)6(9)10-2;1-5(2,3)4;1-2(3)4;/h3-7H,1-2H3;2-6H,1H3,(H,16,17);1-4H,8H2,(H,9,10);3H2,1-2H3;1-3H3;1H3,(H,3,4);/q;;;;-1;;+1. The van der Waals surface area contributed by atoms with E-state index < -0.39 is 38.0 Å². The number of benzene rings is 3. The number of oxazole rings is 3. The van der Waals surface area contributed by atoms with Gasteiger partial charge in [-0.05, 0) is 69.3 Å². The molecule has 0 aliphatic rings. The molecule has 8 rings (SSSR count). The third-order valence-electron chi connectivity index (χ3n) is 7.44. The summed E-state index contributed by atoms with van der Waals surface area (Å²) < 4.78 is 27.6. The van der Waals surface area contributed by atoms with Crippen molar-refractivity contribution in [2.24, 2.45) is 5.84 Å². The average molecular weight is 982 g/mol. The number of carboxylic acid groups (broad SMARTS) is 2. The quantitative estimate of drug-likeness (QED) is 0.0423. The molecule has 25 heteroatoms. The summed E-state index contributed by atoms with van der Waals surface area (Å²) >= 11 is 0. The number of fused-ring (bicyclic) bond motifs is 3. The molecule has 5 heterocycles. The van der Waals surface area contributed by atoms with Crippen molar-refractivity contribution in [2.75, 3.05) is 19.6 Å². The molecule has 0 saturated heterocycles. The predicted octanol–water partition coefficient (Wildman–Crippen LogP) is 2.23. The van der Waals surface area contributed by atoms with Gasteiger partial charge in [0.05, 0.1) is 32.0 Å². The summed E-state index contributed by atoms with van der Waals surface area (Å²) in [5, 5.41) is 24.8. The van der Waals surface area contributed by atoms with Gasteiger partial charge in [-0.1, -0.05) is 64.4 Å². The fraction of sp³-hybridized carbons (Fsp3) is 0.233. The van der Waals surface area contributed by atoms with Crippen molar-refractivity contribution in [3.05, 3.63) is 108 Å². The van der Waals surface area contributed by atoms with E-state index >= 15 is 0 Å². The van der Waals surface area contributed by atoms with E-state index in [-0.39, 0.29) is 87.0 Å². The zero-order valence-corrected chi connectivity index (χ0v) is 42.9. The number of para-hydroxylation sites is 6. The van der Waals surface area contributed by atoms with Crippen LogP contribution in [0.5, 0.6) is 0 Å². The summed E-state index contributed by atoms with van der Waals surface area (Å²) in [5.41, 5.74) is 8.08. The van der Waals surface area contributed by atoms with Gasteiger partial charge >= 0.3 is 87.3 Å². The Labute approximate surface area is 431 Å². The van der Waals surface area contributed by atoms with Crippen LogP contribution in [-0.4, -0.2) is 103 Å². The van der Waals surface area contributed by atoms with Gasteiger partial charge in [-0.25, -0.2) is 20.2 Å². The van der Waals surface area contributed by atoms with E-state index in [1.54, 1.807) is 57.8 Å². The van der Waals surface area contributed by atoms with E-state index in [4.69, 9.17) is 38.8 Å². The molecule has 0 aliphatic carbocycles. The van der Waals surface area contributed by atoms with Crippen molar-refractivity contribution in [1.29, 1.82) is 0 Å². The second kappa shape index (κ2) is 27.2. The molecule has 5 N–H and O–H groups in total. The predicted molar refractivity (Wildman–Crippen MR) is 241 cm³/mol. The smallest absolute Gasteiger partial charge is 0.859 e. The number of aryl methyl sites for hydroxylation is 2. The largest absolute Gasteiger partial charge is 1.00 e. The van der Waals surface area contributed by atoms with Gasteiger partial charge in [-0.15, -0.1) is 0 Å². The maximum Gasteiger partial charge on any atom is 1.00 e. The Hall–Kier alpha value is -6.72. The van der Waals surface area contributed by atoms with E-state index in [0.29, 0.717) is 39.6 Å². The number of carbonyl (C=O) groups is 6. The number of anilines is 1. The zero-order chi connectivity index (χ0) is 50.0. The molecule has 23 nitrogen and oxygen atoms in total. The number of methoxy groups -OCH3 is 2. The Morgan fingerprint density at radius 3 is 1.43 bits per heavy atom. The number of aliphatic carboxylic acids is 1. The van der Waals surface area contributed by atoms with Gasteiger partial charge in [0.25, 0.3) is 5.97 Å². The number of Topliss-reactive ketones (excluding diaryl/α,β-unsaturated/α-hetero) is 2. The van der Waals surface area contributed by atoms with E-state index in [1.807, 2.05) is 54.6 Å². The number of hydrogen-bond acceptors (Lipinski definition) is 19. The van der Waals surface area contributed by atoms with Crippen molar-refractivity contribution in [2.45, 2.75) is 53.8 Å². The monoisotopic (exact) mass is 981 g/mol. The number of carbonyl (C=O) groups excluding carboxylic acids is 4. The number of esters is 2. The number of rotatable bonds is 8. The van der Waals surface area contributed by atoms with Crippen LogP contribution in [0.15, 0.2) is 98.2 Å². The first-order valence-corrected chi connectivity index (χ1v) is 22.9. The first-order valence-electron chi connectivity index (χ1n) is 19.5. The first-order chi connectivity index (χ1) is 31.5. The molecular weight excluding hydrogens is 934 g/mol. The van der Waals surface area contributed by atoms with Crippen LogP contribution in [0.1, 0.15) is 52.6 Å². The van der Waals surface area contributed by atoms with Gasteiger partial charge in [-0.2, -0.15) is 34.5 Å². The van der Waals surface area contributed by atoms with Crippen molar-refractivity contribution in [3.8, 4) is 12.0 Å². The fourth-order valence-corrected chi connectivity index (χ4v) is 4.94. The van der Waals surface area contributed by atoms with E-state index in [1.165, 1.54) is 29.5 Å². The topological polar surface area (TPSA) is 336 Å². The maximum absolute atomic E-state index is 11.7. The summed E-state index contributed by atoms with van der Waals surface area (Å²) in [6, 6.07) is 25.9. The Morgan fingerprint density at radius 2 is 1.07 bits per heavy atom. The van der Waals surface area contributed by atoms with Crippen LogP contribution in [0.25, 0.3) is 45.3 Å². The van der Waals surface area contributed by atoms with E-state index in [2.05, 4.69) is 35.3 Å². The summed E-state index contributed by atoms with van der Waals surface area (Å²) in [6.45, 7) is 11.1. The van der Waals surface area contributed by atoms with Crippen LogP contribution in [0.3, 0.4) is 0 Å². The molecule has 0 aliphatic heterocycles. The number of ketones is 2. The molecule has 0 atom stereocenters. The summed E-state index contributed by atoms with van der Waals surface area (Å²) in [4.78, 5) is 85.6. The first kappa shape index (κ1) is 57.4. The molecule has 5 aromatic heterocycles.